The Balaban J connectivity index is 1.63. The third kappa shape index (κ3) is 5.04. The normalized spacial score (nSPS) is 22.0. The summed E-state index contributed by atoms with van der Waals surface area (Å²) in [5.74, 6) is -0.570. The van der Waals surface area contributed by atoms with E-state index in [4.69, 9.17) is 0 Å². The molecule has 2 aromatic carbocycles. The Morgan fingerprint density at radius 2 is 1.87 bits per heavy atom. The number of sulfone groups is 1. The van der Waals surface area contributed by atoms with Crippen LogP contribution in [0.2, 0.25) is 0 Å². The maximum atomic E-state index is 13.2. The van der Waals surface area contributed by atoms with Crippen LogP contribution in [0.5, 0.6) is 0 Å². The van der Waals surface area contributed by atoms with Crippen molar-refractivity contribution in [2.75, 3.05) is 28.3 Å². The lowest BCUT2D eigenvalue weighted by Crippen LogP contribution is -2.36. The SMILES string of the molecule is O=C(CN(C1=N[C@H]2CS(=O)(=O)C[C@@H]2S1)c1cccc(C(F)(F)F)c1)Nc1ccccc1. The summed E-state index contributed by atoms with van der Waals surface area (Å²) in [7, 11) is -3.18. The van der Waals surface area contributed by atoms with Gasteiger partial charge in [0.15, 0.2) is 15.0 Å². The molecular weight excluding hydrogens is 451 g/mol. The number of hydrogen-bond acceptors (Lipinski definition) is 6. The number of amidine groups is 1. The first-order valence-electron chi connectivity index (χ1n) is 9.35. The zero-order valence-electron chi connectivity index (χ0n) is 16.0. The Bertz CT molecular complexity index is 1120. The number of anilines is 2. The van der Waals surface area contributed by atoms with E-state index in [0.29, 0.717) is 10.9 Å². The van der Waals surface area contributed by atoms with E-state index in [1.807, 2.05) is 0 Å². The highest BCUT2D eigenvalue weighted by Crippen LogP contribution is 2.38. The lowest BCUT2D eigenvalue weighted by Gasteiger charge is -2.25. The fourth-order valence-electron chi connectivity index (χ4n) is 3.46. The summed E-state index contributed by atoms with van der Waals surface area (Å²) in [5, 5.41) is 2.75. The molecule has 2 aliphatic heterocycles. The van der Waals surface area contributed by atoms with Gasteiger partial charge in [-0.2, -0.15) is 13.2 Å². The maximum Gasteiger partial charge on any atom is 0.416 e. The molecule has 1 fully saturated rings. The zero-order valence-corrected chi connectivity index (χ0v) is 17.7. The summed E-state index contributed by atoms with van der Waals surface area (Å²) in [6.07, 6.45) is -4.54. The number of thioether (sulfide) groups is 1. The average molecular weight is 470 g/mol. The van der Waals surface area contributed by atoms with Gasteiger partial charge in [-0.1, -0.05) is 36.0 Å². The van der Waals surface area contributed by atoms with Crippen molar-refractivity contribution < 1.29 is 26.4 Å². The van der Waals surface area contributed by atoms with Gasteiger partial charge in [0.1, 0.15) is 6.54 Å². The number of nitrogens with one attached hydrogen (secondary N) is 1. The molecule has 6 nitrogen and oxygen atoms in total. The van der Waals surface area contributed by atoms with Crippen LogP contribution in [0.1, 0.15) is 5.56 Å². The number of aliphatic imine (C=N–C) groups is 1. The first-order chi connectivity index (χ1) is 14.6. The Hall–Kier alpha value is -2.53. The Labute approximate surface area is 181 Å². The molecule has 11 heteroatoms. The van der Waals surface area contributed by atoms with Crippen molar-refractivity contribution in [3.05, 3.63) is 60.2 Å². The third-order valence-corrected chi connectivity index (χ3v) is 8.13. The lowest BCUT2D eigenvalue weighted by atomic mass is 10.2. The number of benzene rings is 2. The predicted octanol–water partition coefficient (Wildman–Crippen LogP) is 3.42. The molecule has 2 atom stereocenters. The van der Waals surface area contributed by atoms with Gasteiger partial charge >= 0.3 is 6.18 Å². The van der Waals surface area contributed by atoms with Crippen molar-refractivity contribution in [1.82, 2.24) is 0 Å². The van der Waals surface area contributed by atoms with E-state index in [1.54, 1.807) is 30.3 Å². The van der Waals surface area contributed by atoms with Crippen LogP contribution in [-0.2, 0) is 20.8 Å². The first-order valence-corrected chi connectivity index (χ1v) is 12.1. The van der Waals surface area contributed by atoms with Crippen molar-refractivity contribution in [3.63, 3.8) is 0 Å². The summed E-state index contributed by atoms with van der Waals surface area (Å²) in [5.41, 5.74) is -0.127. The van der Waals surface area contributed by atoms with Gasteiger partial charge in [0.25, 0.3) is 0 Å². The minimum atomic E-state index is -4.54. The summed E-state index contributed by atoms with van der Waals surface area (Å²) in [4.78, 5) is 18.5. The molecule has 4 rings (SSSR count). The van der Waals surface area contributed by atoms with Crippen LogP contribution >= 0.6 is 11.8 Å². The maximum absolute atomic E-state index is 13.2. The minimum absolute atomic E-state index is 0.0397. The number of amides is 1. The van der Waals surface area contributed by atoms with Crippen LogP contribution in [0.25, 0.3) is 0 Å². The second-order valence-electron chi connectivity index (χ2n) is 7.26. The summed E-state index contributed by atoms with van der Waals surface area (Å²) < 4.78 is 63.4. The monoisotopic (exact) mass is 469 g/mol. The van der Waals surface area contributed by atoms with Crippen molar-refractivity contribution in [1.29, 1.82) is 0 Å². The highest BCUT2D eigenvalue weighted by Gasteiger charge is 2.44. The second kappa shape index (κ2) is 8.19. The van der Waals surface area contributed by atoms with Gasteiger partial charge in [-0.25, -0.2) is 8.42 Å². The topological polar surface area (TPSA) is 78.8 Å². The second-order valence-corrected chi connectivity index (χ2v) is 10.6. The van der Waals surface area contributed by atoms with E-state index in [9.17, 15) is 26.4 Å². The fraction of sp³-hybridized carbons (Fsp3) is 0.300. The number of hydrogen-bond donors (Lipinski definition) is 1. The molecule has 2 aliphatic rings. The minimum Gasteiger partial charge on any atom is -0.325 e. The molecule has 1 saturated heterocycles. The fourth-order valence-corrected chi connectivity index (χ4v) is 7.24. The lowest BCUT2D eigenvalue weighted by molar-refractivity contribution is -0.137. The van der Waals surface area contributed by atoms with Gasteiger partial charge in [0.2, 0.25) is 5.91 Å². The predicted molar refractivity (Wildman–Crippen MR) is 115 cm³/mol. The number of carbonyl (C=O) groups is 1. The standard InChI is InChI=1S/C20H18F3N3O3S2/c21-20(22,23)13-5-4-8-15(9-13)26(10-18(27)24-14-6-2-1-3-7-14)19-25-16-11-31(28,29)12-17(16)30-19/h1-9,16-17H,10-12H2,(H,24,27)/t16-,17-/m0/s1. The Kier molecular flexibility index (Phi) is 5.73. The summed E-state index contributed by atoms with van der Waals surface area (Å²) in [6.45, 7) is -0.270. The molecular formula is C20H18F3N3O3S2. The molecule has 0 radical (unpaired) electrons. The molecule has 1 N–H and O–H groups in total. The first kappa shape index (κ1) is 21.7. The Morgan fingerprint density at radius 1 is 1.13 bits per heavy atom. The number of rotatable bonds is 4. The van der Waals surface area contributed by atoms with Crippen LogP contribution in [-0.4, -0.2) is 48.8 Å². The summed E-state index contributed by atoms with van der Waals surface area (Å²) >= 11 is 1.18. The van der Waals surface area contributed by atoms with Crippen molar-refractivity contribution >= 4 is 44.0 Å². The van der Waals surface area contributed by atoms with Crippen LogP contribution in [0, 0.1) is 0 Å². The highest BCUT2D eigenvalue weighted by molar-refractivity contribution is 8.15. The van der Waals surface area contributed by atoms with Crippen molar-refractivity contribution in [2.24, 2.45) is 4.99 Å². The molecule has 2 aromatic rings. The van der Waals surface area contributed by atoms with E-state index in [0.717, 1.165) is 12.1 Å². The smallest absolute Gasteiger partial charge is 0.325 e. The van der Waals surface area contributed by atoms with E-state index in [-0.39, 0.29) is 29.0 Å². The van der Waals surface area contributed by atoms with Crippen LogP contribution < -0.4 is 10.2 Å². The van der Waals surface area contributed by atoms with Crippen LogP contribution in [0.15, 0.2) is 59.6 Å². The number of carbonyl (C=O) groups excluding carboxylic acids is 1. The molecule has 0 aliphatic carbocycles. The zero-order chi connectivity index (χ0) is 22.2. The molecule has 31 heavy (non-hydrogen) atoms. The number of para-hydroxylation sites is 1. The van der Waals surface area contributed by atoms with Gasteiger partial charge < -0.3 is 10.2 Å². The number of halogens is 3. The van der Waals surface area contributed by atoms with Gasteiger partial charge in [0, 0.05) is 16.6 Å². The van der Waals surface area contributed by atoms with Crippen molar-refractivity contribution in [2.45, 2.75) is 17.5 Å². The van der Waals surface area contributed by atoms with Crippen LogP contribution in [0.4, 0.5) is 24.5 Å². The van der Waals surface area contributed by atoms with Gasteiger partial charge in [-0.05, 0) is 30.3 Å². The molecule has 0 unspecified atom stereocenters. The molecule has 0 aromatic heterocycles. The largest absolute Gasteiger partial charge is 0.416 e. The summed E-state index contributed by atoms with van der Waals surface area (Å²) in [6, 6.07) is 12.9. The average Bonchev–Trinajstić information content (AvgIpc) is 3.19. The van der Waals surface area contributed by atoms with E-state index >= 15 is 0 Å². The molecule has 0 bridgehead atoms. The third-order valence-electron chi connectivity index (χ3n) is 4.88. The van der Waals surface area contributed by atoms with E-state index in [1.165, 1.54) is 28.8 Å². The molecule has 0 saturated carbocycles. The highest BCUT2D eigenvalue weighted by atomic mass is 32.2. The molecule has 164 valence electrons. The molecule has 0 spiro atoms. The van der Waals surface area contributed by atoms with E-state index < -0.39 is 33.5 Å². The Morgan fingerprint density at radius 3 is 2.55 bits per heavy atom. The number of alkyl halides is 3. The number of nitrogens with zero attached hydrogens (tertiary/aromatic N) is 2. The quantitative estimate of drug-likeness (QED) is 0.743. The molecule has 1 amide bonds. The van der Waals surface area contributed by atoms with Gasteiger partial charge in [-0.15, -0.1) is 0 Å². The number of fused-ring (bicyclic) bond motifs is 1. The van der Waals surface area contributed by atoms with Gasteiger partial charge in [-0.3, -0.25) is 9.79 Å². The van der Waals surface area contributed by atoms with Gasteiger partial charge in [0.05, 0.1) is 23.1 Å². The van der Waals surface area contributed by atoms with Crippen LogP contribution in [0.3, 0.4) is 0 Å². The molecule has 2 heterocycles. The van der Waals surface area contributed by atoms with Crippen molar-refractivity contribution in [3.8, 4) is 0 Å². The van der Waals surface area contributed by atoms with E-state index in [2.05, 4.69) is 10.3 Å².